The molecule has 116 valence electrons. The maximum Gasteiger partial charge on any atom is 0.123 e. The third kappa shape index (κ3) is 2.76. The number of imidazole rings is 1. The van der Waals surface area contributed by atoms with Crippen LogP contribution in [0.5, 0.6) is 0 Å². The molecule has 0 saturated carbocycles. The number of para-hydroxylation sites is 2. The van der Waals surface area contributed by atoms with Gasteiger partial charge in [0.25, 0.3) is 0 Å². The minimum absolute atomic E-state index is 0.300. The molecule has 0 radical (unpaired) electrons. The molecular formula is C17H23N5. The average molecular weight is 297 g/mol. The van der Waals surface area contributed by atoms with Gasteiger partial charge in [-0.1, -0.05) is 12.1 Å². The van der Waals surface area contributed by atoms with Gasteiger partial charge in [-0.25, -0.2) is 4.98 Å². The van der Waals surface area contributed by atoms with Gasteiger partial charge in [-0.05, 0) is 39.0 Å². The van der Waals surface area contributed by atoms with Gasteiger partial charge in [0.15, 0.2) is 0 Å². The van der Waals surface area contributed by atoms with Crippen LogP contribution in [0.2, 0.25) is 0 Å². The van der Waals surface area contributed by atoms with Crippen LogP contribution in [0.1, 0.15) is 32.6 Å². The maximum atomic E-state index is 4.76. The van der Waals surface area contributed by atoms with Gasteiger partial charge in [0.05, 0.1) is 23.6 Å². The highest BCUT2D eigenvalue weighted by molar-refractivity contribution is 5.75. The topological polar surface area (TPSA) is 47.7 Å². The average Bonchev–Trinajstić information content (AvgIpc) is 3.18. The van der Waals surface area contributed by atoms with Crippen molar-refractivity contribution in [2.45, 2.75) is 45.9 Å². The van der Waals surface area contributed by atoms with Crippen molar-refractivity contribution >= 4 is 11.0 Å². The molecule has 3 aromatic rings. The maximum absolute atomic E-state index is 4.76. The van der Waals surface area contributed by atoms with E-state index in [2.05, 4.69) is 54.0 Å². The first-order valence-electron chi connectivity index (χ1n) is 7.87. The molecule has 0 bridgehead atoms. The van der Waals surface area contributed by atoms with Crippen LogP contribution in [0.4, 0.5) is 0 Å². The molecule has 2 aromatic heterocycles. The zero-order valence-electron chi connectivity index (χ0n) is 13.4. The molecule has 5 nitrogen and oxygen atoms in total. The van der Waals surface area contributed by atoms with Crippen molar-refractivity contribution in [1.82, 2.24) is 24.6 Å². The highest BCUT2D eigenvalue weighted by Crippen LogP contribution is 2.16. The van der Waals surface area contributed by atoms with E-state index in [1.807, 2.05) is 29.2 Å². The molecule has 0 aliphatic heterocycles. The van der Waals surface area contributed by atoms with Gasteiger partial charge in [-0.3, -0.25) is 4.68 Å². The molecule has 1 N–H and O–H groups in total. The van der Waals surface area contributed by atoms with Gasteiger partial charge in [-0.2, -0.15) is 5.10 Å². The summed E-state index contributed by atoms with van der Waals surface area (Å²) < 4.78 is 4.26. The normalized spacial score (nSPS) is 14.3. The number of hydrogen-bond acceptors (Lipinski definition) is 3. The number of nitrogens with zero attached hydrogens (tertiary/aromatic N) is 4. The number of aromatic nitrogens is 4. The highest BCUT2D eigenvalue weighted by atomic mass is 15.3. The van der Waals surface area contributed by atoms with E-state index in [0.717, 1.165) is 24.4 Å². The minimum atomic E-state index is 0.300. The summed E-state index contributed by atoms with van der Waals surface area (Å²) in [5.74, 6) is 1.09. The molecule has 22 heavy (non-hydrogen) atoms. The minimum Gasteiger partial charge on any atom is -0.327 e. The van der Waals surface area contributed by atoms with Crippen molar-refractivity contribution in [3.63, 3.8) is 0 Å². The zero-order valence-corrected chi connectivity index (χ0v) is 13.4. The van der Waals surface area contributed by atoms with Gasteiger partial charge >= 0.3 is 0 Å². The third-order valence-corrected chi connectivity index (χ3v) is 4.30. The number of benzene rings is 1. The van der Waals surface area contributed by atoms with Gasteiger partial charge in [0.1, 0.15) is 5.82 Å². The summed E-state index contributed by atoms with van der Waals surface area (Å²) in [5.41, 5.74) is 2.27. The molecule has 0 aliphatic carbocycles. The molecule has 0 spiro atoms. The molecule has 0 aliphatic rings. The molecule has 1 aromatic carbocycles. The summed E-state index contributed by atoms with van der Waals surface area (Å²) in [6.07, 6.45) is 3.82. The lowest BCUT2D eigenvalue weighted by atomic mass is 10.2. The van der Waals surface area contributed by atoms with E-state index in [1.165, 1.54) is 5.52 Å². The molecule has 2 heterocycles. The van der Waals surface area contributed by atoms with E-state index >= 15 is 0 Å². The largest absolute Gasteiger partial charge is 0.327 e. The number of rotatable bonds is 6. The highest BCUT2D eigenvalue weighted by Gasteiger charge is 2.15. The van der Waals surface area contributed by atoms with E-state index in [-0.39, 0.29) is 0 Å². The lowest BCUT2D eigenvalue weighted by molar-refractivity contribution is 0.360. The number of fused-ring (bicyclic) bond motifs is 1. The second-order valence-corrected chi connectivity index (χ2v) is 5.66. The lowest BCUT2D eigenvalue weighted by Gasteiger charge is -2.21. The summed E-state index contributed by atoms with van der Waals surface area (Å²) in [7, 11) is 0. The van der Waals surface area contributed by atoms with Crippen LogP contribution in [0.3, 0.4) is 0 Å². The lowest BCUT2D eigenvalue weighted by Crippen LogP contribution is -2.34. The second kappa shape index (κ2) is 6.32. The molecular weight excluding hydrogens is 274 g/mol. The van der Waals surface area contributed by atoms with E-state index in [9.17, 15) is 0 Å². The van der Waals surface area contributed by atoms with E-state index < -0.39 is 0 Å². The van der Waals surface area contributed by atoms with E-state index in [0.29, 0.717) is 12.1 Å². The van der Waals surface area contributed by atoms with Crippen molar-refractivity contribution in [2.24, 2.45) is 0 Å². The fraction of sp³-hybridized carbons (Fsp3) is 0.412. The summed E-state index contributed by atoms with van der Waals surface area (Å²) in [4.78, 5) is 4.76. The van der Waals surface area contributed by atoms with Crippen LogP contribution in [0.15, 0.2) is 42.7 Å². The van der Waals surface area contributed by atoms with Crippen molar-refractivity contribution < 1.29 is 0 Å². The molecule has 0 unspecified atom stereocenters. The quantitative estimate of drug-likeness (QED) is 0.761. The van der Waals surface area contributed by atoms with Gasteiger partial charge in [-0.15, -0.1) is 0 Å². The Labute approximate surface area is 131 Å². The Morgan fingerprint density at radius 3 is 2.73 bits per heavy atom. The Morgan fingerprint density at radius 2 is 2.00 bits per heavy atom. The Hall–Kier alpha value is -2.14. The van der Waals surface area contributed by atoms with Crippen molar-refractivity contribution in [3.8, 4) is 0 Å². The first-order valence-corrected chi connectivity index (χ1v) is 7.87. The van der Waals surface area contributed by atoms with Crippen molar-refractivity contribution in [3.05, 3.63) is 48.5 Å². The van der Waals surface area contributed by atoms with Crippen LogP contribution in [0.25, 0.3) is 11.0 Å². The van der Waals surface area contributed by atoms with Crippen LogP contribution in [-0.2, 0) is 13.1 Å². The standard InChI is InChI=1S/C17H23N5/c1-4-21-16-9-6-5-8-15(16)20-17(21)12-18-13(2)14(3)22-11-7-10-19-22/h5-11,13-14,18H,4,12H2,1-3H3/t13-,14-/m0/s1. The summed E-state index contributed by atoms with van der Waals surface area (Å²) in [6, 6.07) is 10.9. The molecule has 2 atom stereocenters. The second-order valence-electron chi connectivity index (χ2n) is 5.66. The monoisotopic (exact) mass is 297 g/mol. The Balaban J connectivity index is 1.73. The fourth-order valence-electron chi connectivity index (χ4n) is 2.79. The van der Waals surface area contributed by atoms with Crippen LogP contribution < -0.4 is 5.32 Å². The van der Waals surface area contributed by atoms with Crippen LogP contribution in [-0.4, -0.2) is 25.4 Å². The van der Waals surface area contributed by atoms with Gasteiger partial charge in [0.2, 0.25) is 0 Å². The van der Waals surface area contributed by atoms with Crippen molar-refractivity contribution in [2.75, 3.05) is 0 Å². The number of aryl methyl sites for hydroxylation is 1. The summed E-state index contributed by atoms with van der Waals surface area (Å²) in [6.45, 7) is 8.21. The predicted molar refractivity (Wildman–Crippen MR) is 88.6 cm³/mol. The van der Waals surface area contributed by atoms with Crippen molar-refractivity contribution in [1.29, 1.82) is 0 Å². The summed E-state index contributed by atoms with van der Waals surface area (Å²) >= 11 is 0. The first kappa shape index (κ1) is 14.8. The fourth-order valence-corrected chi connectivity index (χ4v) is 2.79. The third-order valence-electron chi connectivity index (χ3n) is 4.30. The number of hydrogen-bond donors (Lipinski definition) is 1. The Bertz CT molecular complexity index is 729. The molecule has 0 fully saturated rings. The van der Waals surface area contributed by atoms with Gasteiger partial charge in [0, 0.05) is 25.0 Å². The van der Waals surface area contributed by atoms with E-state index in [1.54, 1.807) is 0 Å². The van der Waals surface area contributed by atoms with Crippen LogP contribution in [0, 0.1) is 0 Å². The van der Waals surface area contributed by atoms with Gasteiger partial charge < -0.3 is 9.88 Å². The molecule has 0 amide bonds. The smallest absolute Gasteiger partial charge is 0.123 e. The SMILES string of the molecule is CCn1c(CN[C@@H](C)[C@H](C)n2cccn2)nc2ccccc21. The zero-order chi connectivity index (χ0) is 15.5. The molecule has 5 heteroatoms. The molecule has 0 saturated heterocycles. The van der Waals surface area contributed by atoms with E-state index in [4.69, 9.17) is 4.98 Å². The number of nitrogens with one attached hydrogen (secondary N) is 1. The Kier molecular flexibility index (Phi) is 4.24. The molecule has 3 rings (SSSR count). The first-order chi connectivity index (χ1) is 10.7. The Morgan fingerprint density at radius 1 is 1.18 bits per heavy atom. The van der Waals surface area contributed by atoms with Crippen LogP contribution >= 0.6 is 0 Å². The summed E-state index contributed by atoms with van der Waals surface area (Å²) in [5, 5.41) is 7.90. The predicted octanol–water partition coefficient (Wildman–Crippen LogP) is 2.99.